The van der Waals surface area contributed by atoms with Gasteiger partial charge in [-0.2, -0.15) is 0 Å². The fraction of sp³-hybridized carbons (Fsp3) is 0.308. The Labute approximate surface area is 95.1 Å². The van der Waals surface area contributed by atoms with Gasteiger partial charge >= 0.3 is 0 Å². The van der Waals surface area contributed by atoms with E-state index in [0.29, 0.717) is 18.4 Å². The lowest BCUT2D eigenvalue weighted by Crippen LogP contribution is -1.96. The Morgan fingerprint density at radius 1 is 1.38 bits per heavy atom. The van der Waals surface area contributed by atoms with Gasteiger partial charge in [0.15, 0.2) is 6.61 Å². The van der Waals surface area contributed by atoms with Crippen LogP contribution in [0.5, 0.6) is 5.75 Å². The van der Waals surface area contributed by atoms with Crippen LogP contribution in [-0.4, -0.2) is 4.98 Å². The van der Waals surface area contributed by atoms with Gasteiger partial charge in [-0.25, -0.2) is 4.98 Å². The molecule has 0 aliphatic heterocycles. The SMILES string of the molecule is CC(C)c1cccc(OCc2ncco2)c1. The zero-order chi connectivity index (χ0) is 11.4. The van der Waals surface area contributed by atoms with E-state index in [1.54, 1.807) is 12.5 Å². The summed E-state index contributed by atoms with van der Waals surface area (Å²) in [6.45, 7) is 4.69. The largest absolute Gasteiger partial charge is 0.484 e. The summed E-state index contributed by atoms with van der Waals surface area (Å²) in [6, 6.07) is 8.09. The van der Waals surface area contributed by atoms with E-state index in [0.717, 1.165) is 5.75 Å². The molecule has 0 bridgehead atoms. The van der Waals surface area contributed by atoms with Gasteiger partial charge in [0.1, 0.15) is 12.0 Å². The molecule has 1 aromatic carbocycles. The van der Waals surface area contributed by atoms with Crippen LogP contribution in [0.4, 0.5) is 0 Å². The van der Waals surface area contributed by atoms with Gasteiger partial charge in [-0.05, 0) is 23.6 Å². The van der Waals surface area contributed by atoms with Crippen molar-refractivity contribution in [2.24, 2.45) is 0 Å². The molecule has 0 aliphatic rings. The fourth-order valence-corrected chi connectivity index (χ4v) is 1.43. The predicted molar refractivity (Wildman–Crippen MR) is 61.4 cm³/mol. The summed E-state index contributed by atoms with van der Waals surface area (Å²) in [5.74, 6) is 1.95. The molecular weight excluding hydrogens is 202 g/mol. The second-order valence-electron chi connectivity index (χ2n) is 3.94. The van der Waals surface area contributed by atoms with Crippen molar-refractivity contribution in [1.29, 1.82) is 0 Å². The molecule has 0 saturated heterocycles. The summed E-state index contributed by atoms with van der Waals surface area (Å²) in [5.41, 5.74) is 1.27. The fourth-order valence-electron chi connectivity index (χ4n) is 1.43. The van der Waals surface area contributed by atoms with Crippen molar-refractivity contribution >= 4 is 0 Å². The molecule has 1 aromatic heterocycles. The summed E-state index contributed by atoms with van der Waals surface area (Å²) in [4.78, 5) is 4.00. The first-order valence-electron chi connectivity index (χ1n) is 5.37. The topological polar surface area (TPSA) is 35.3 Å². The lowest BCUT2D eigenvalue weighted by Gasteiger charge is -2.08. The van der Waals surface area contributed by atoms with Crippen LogP contribution in [-0.2, 0) is 6.61 Å². The van der Waals surface area contributed by atoms with Crippen LogP contribution in [0.1, 0.15) is 31.2 Å². The van der Waals surface area contributed by atoms with Crippen molar-refractivity contribution in [2.45, 2.75) is 26.4 Å². The minimum atomic E-state index is 0.370. The van der Waals surface area contributed by atoms with E-state index in [2.05, 4.69) is 24.9 Å². The lowest BCUT2D eigenvalue weighted by molar-refractivity contribution is 0.262. The van der Waals surface area contributed by atoms with Crippen LogP contribution in [0.2, 0.25) is 0 Å². The van der Waals surface area contributed by atoms with E-state index in [1.807, 2.05) is 18.2 Å². The molecule has 0 atom stereocenters. The highest BCUT2D eigenvalue weighted by Crippen LogP contribution is 2.20. The van der Waals surface area contributed by atoms with Gasteiger partial charge in [-0.15, -0.1) is 0 Å². The first kappa shape index (κ1) is 10.7. The molecule has 0 saturated carbocycles. The molecule has 0 spiro atoms. The van der Waals surface area contributed by atoms with Gasteiger partial charge in [0.25, 0.3) is 0 Å². The number of hydrogen-bond acceptors (Lipinski definition) is 3. The maximum Gasteiger partial charge on any atom is 0.232 e. The van der Waals surface area contributed by atoms with Gasteiger partial charge in [0, 0.05) is 0 Å². The minimum absolute atomic E-state index is 0.370. The van der Waals surface area contributed by atoms with Gasteiger partial charge < -0.3 is 9.15 Å². The van der Waals surface area contributed by atoms with E-state index in [4.69, 9.17) is 9.15 Å². The molecule has 3 heteroatoms. The van der Waals surface area contributed by atoms with Crippen molar-refractivity contribution < 1.29 is 9.15 Å². The molecule has 0 amide bonds. The van der Waals surface area contributed by atoms with E-state index >= 15 is 0 Å². The number of benzene rings is 1. The Morgan fingerprint density at radius 3 is 2.94 bits per heavy atom. The summed E-state index contributed by atoms with van der Waals surface area (Å²) in [6.07, 6.45) is 3.16. The minimum Gasteiger partial charge on any atom is -0.484 e. The lowest BCUT2D eigenvalue weighted by atomic mass is 10.0. The molecule has 0 radical (unpaired) electrons. The third kappa shape index (κ3) is 2.63. The van der Waals surface area contributed by atoms with Gasteiger partial charge in [0.05, 0.1) is 6.20 Å². The van der Waals surface area contributed by atoms with Crippen molar-refractivity contribution in [3.63, 3.8) is 0 Å². The van der Waals surface area contributed by atoms with Gasteiger partial charge in [-0.3, -0.25) is 0 Å². The van der Waals surface area contributed by atoms with E-state index < -0.39 is 0 Å². The highest BCUT2D eigenvalue weighted by molar-refractivity contribution is 5.30. The smallest absolute Gasteiger partial charge is 0.232 e. The second kappa shape index (κ2) is 4.84. The summed E-state index contributed by atoms with van der Waals surface area (Å²) >= 11 is 0. The summed E-state index contributed by atoms with van der Waals surface area (Å²) in [7, 11) is 0. The van der Waals surface area contributed by atoms with E-state index in [1.165, 1.54) is 5.56 Å². The molecule has 16 heavy (non-hydrogen) atoms. The highest BCUT2D eigenvalue weighted by Gasteiger charge is 2.02. The van der Waals surface area contributed by atoms with Crippen LogP contribution in [0.3, 0.4) is 0 Å². The molecule has 84 valence electrons. The average molecular weight is 217 g/mol. The monoisotopic (exact) mass is 217 g/mol. The Bertz CT molecular complexity index is 435. The standard InChI is InChI=1S/C13H15NO2/c1-10(2)11-4-3-5-12(8-11)16-9-13-14-6-7-15-13/h3-8,10H,9H2,1-2H3. The first-order chi connectivity index (χ1) is 7.75. The first-order valence-corrected chi connectivity index (χ1v) is 5.37. The van der Waals surface area contributed by atoms with E-state index in [-0.39, 0.29) is 0 Å². The molecule has 0 aliphatic carbocycles. The Hall–Kier alpha value is -1.77. The summed E-state index contributed by atoms with van der Waals surface area (Å²) in [5, 5.41) is 0. The molecule has 0 N–H and O–H groups in total. The average Bonchev–Trinajstić information content (AvgIpc) is 2.79. The van der Waals surface area contributed by atoms with Crippen molar-refractivity contribution in [3.8, 4) is 5.75 Å². The maximum atomic E-state index is 5.58. The molecule has 3 nitrogen and oxygen atoms in total. The zero-order valence-corrected chi connectivity index (χ0v) is 9.51. The van der Waals surface area contributed by atoms with Gasteiger partial charge in [0.2, 0.25) is 5.89 Å². The quantitative estimate of drug-likeness (QED) is 0.787. The summed E-state index contributed by atoms with van der Waals surface area (Å²) < 4.78 is 10.7. The van der Waals surface area contributed by atoms with Crippen LogP contribution < -0.4 is 4.74 Å². The number of nitrogens with zero attached hydrogens (tertiary/aromatic N) is 1. The Kier molecular flexibility index (Phi) is 3.25. The highest BCUT2D eigenvalue weighted by atomic mass is 16.5. The molecular formula is C13H15NO2. The molecule has 0 unspecified atom stereocenters. The third-order valence-electron chi connectivity index (χ3n) is 2.37. The number of ether oxygens (including phenoxy) is 1. The van der Waals surface area contributed by atoms with Crippen molar-refractivity contribution in [3.05, 3.63) is 48.2 Å². The van der Waals surface area contributed by atoms with Crippen molar-refractivity contribution in [2.75, 3.05) is 0 Å². The number of aromatic nitrogens is 1. The zero-order valence-electron chi connectivity index (χ0n) is 9.51. The number of rotatable bonds is 4. The Morgan fingerprint density at radius 2 is 2.25 bits per heavy atom. The van der Waals surface area contributed by atoms with Crippen LogP contribution >= 0.6 is 0 Å². The normalized spacial score (nSPS) is 10.7. The second-order valence-corrected chi connectivity index (χ2v) is 3.94. The predicted octanol–water partition coefficient (Wildman–Crippen LogP) is 3.38. The van der Waals surface area contributed by atoms with E-state index in [9.17, 15) is 0 Å². The number of oxazole rings is 1. The van der Waals surface area contributed by atoms with Crippen LogP contribution in [0.15, 0.2) is 41.1 Å². The Balaban J connectivity index is 2.01. The van der Waals surface area contributed by atoms with Gasteiger partial charge in [-0.1, -0.05) is 26.0 Å². The number of hydrogen-bond donors (Lipinski definition) is 0. The molecule has 2 aromatic rings. The van der Waals surface area contributed by atoms with Crippen LogP contribution in [0.25, 0.3) is 0 Å². The molecule has 1 heterocycles. The molecule has 2 rings (SSSR count). The molecule has 0 fully saturated rings. The maximum absolute atomic E-state index is 5.58. The van der Waals surface area contributed by atoms with Crippen molar-refractivity contribution in [1.82, 2.24) is 4.98 Å². The van der Waals surface area contributed by atoms with Crippen LogP contribution in [0, 0.1) is 0 Å². The third-order valence-corrected chi connectivity index (χ3v) is 2.37.